The number of alkyl halides is 3. The van der Waals surface area contributed by atoms with E-state index in [1.807, 2.05) is 17.5 Å². The Morgan fingerprint density at radius 3 is 2.59 bits per heavy atom. The van der Waals surface area contributed by atoms with E-state index in [1.165, 1.54) is 23.5 Å². The molecule has 152 valence electrons. The zero-order valence-electron chi connectivity index (χ0n) is 14.7. The van der Waals surface area contributed by atoms with E-state index in [4.69, 9.17) is 4.42 Å². The van der Waals surface area contributed by atoms with Crippen LogP contribution in [0.2, 0.25) is 0 Å². The number of hydrogen-bond donors (Lipinski definition) is 2. The summed E-state index contributed by atoms with van der Waals surface area (Å²) in [6.07, 6.45) is -3.51. The van der Waals surface area contributed by atoms with Crippen LogP contribution in [-0.2, 0) is 17.8 Å². The normalized spacial score (nSPS) is 11.1. The molecule has 0 aliphatic heterocycles. The van der Waals surface area contributed by atoms with E-state index in [0.717, 1.165) is 23.3 Å². The minimum absolute atomic E-state index is 0.0477. The van der Waals surface area contributed by atoms with Gasteiger partial charge in [-0.3, -0.25) is 14.9 Å². The van der Waals surface area contributed by atoms with Crippen LogP contribution >= 0.6 is 11.3 Å². The van der Waals surface area contributed by atoms with E-state index in [-0.39, 0.29) is 36.3 Å². The van der Waals surface area contributed by atoms with Crippen LogP contribution in [0.3, 0.4) is 0 Å². The Kier molecular flexibility index (Phi) is 6.17. The van der Waals surface area contributed by atoms with Gasteiger partial charge in [0.25, 0.3) is 5.91 Å². The molecule has 2 N–H and O–H groups in total. The minimum atomic E-state index is -4.76. The Balaban J connectivity index is 1.49. The second kappa shape index (κ2) is 8.78. The first-order valence-corrected chi connectivity index (χ1v) is 9.07. The van der Waals surface area contributed by atoms with Crippen LogP contribution in [0.1, 0.15) is 20.9 Å². The lowest BCUT2D eigenvalue weighted by atomic mass is 10.2. The van der Waals surface area contributed by atoms with Crippen molar-refractivity contribution in [2.75, 3.05) is 5.32 Å². The van der Waals surface area contributed by atoms with Crippen molar-refractivity contribution in [3.63, 3.8) is 0 Å². The highest BCUT2D eigenvalue weighted by atomic mass is 32.1. The third kappa shape index (κ3) is 6.35. The quantitative estimate of drug-likeness (QED) is 0.602. The van der Waals surface area contributed by atoms with Gasteiger partial charge in [0.15, 0.2) is 5.69 Å². The van der Waals surface area contributed by atoms with E-state index in [9.17, 15) is 22.8 Å². The minimum Gasteiger partial charge on any atom is -0.431 e. The van der Waals surface area contributed by atoms with Crippen molar-refractivity contribution < 1.29 is 31.9 Å². The second-order valence-electron chi connectivity index (χ2n) is 5.72. The number of amides is 2. The molecule has 7 nitrogen and oxygen atoms in total. The van der Waals surface area contributed by atoms with Crippen molar-refractivity contribution in [2.24, 2.45) is 0 Å². The van der Waals surface area contributed by atoms with Crippen LogP contribution in [0.25, 0.3) is 0 Å². The molecule has 0 aliphatic carbocycles. The Bertz CT molecular complexity index is 969. The number of carbonyl (C=O) groups is 2. The second-order valence-corrected chi connectivity index (χ2v) is 6.75. The molecule has 2 aromatic heterocycles. The lowest BCUT2D eigenvalue weighted by molar-refractivity contribution is -0.274. The number of halogens is 3. The van der Waals surface area contributed by atoms with E-state index in [2.05, 4.69) is 20.4 Å². The summed E-state index contributed by atoms with van der Waals surface area (Å²) >= 11 is 1.44. The number of carbonyl (C=O) groups excluding carboxylic acids is 2. The molecule has 0 spiro atoms. The molecule has 0 bridgehead atoms. The van der Waals surface area contributed by atoms with Crippen molar-refractivity contribution >= 4 is 29.2 Å². The van der Waals surface area contributed by atoms with E-state index in [1.54, 1.807) is 0 Å². The number of oxazole rings is 1. The topological polar surface area (TPSA) is 93.5 Å². The summed E-state index contributed by atoms with van der Waals surface area (Å²) in [5.41, 5.74) is 0.509. The molecular formula is C18H14F3N3O4S. The molecule has 0 aliphatic rings. The van der Waals surface area contributed by atoms with Gasteiger partial charge in [-0.05, 0) is 29.1 Å². The molecule has 0 saturated carbocycles. The summed E-state index contributed by atoms with van der Waals surface area (Å²) in [7, 11) is 0. The number of benzene rings is 1. The number of aromatic nitrogens is 1. The Morgan fingerprint density at radius 2 is 1.93 bits per heavy atom. The number of nitrogens with one attached hydrogen (secondary N) is 2. The predicted molar refractivity (Wildman–Crippen MR) is 97.5 cm³/mol. The standard InChI is InChI=1S/C18H14F3N3O4S/c19-18(20,21)28-12-5-3-11(4-6-12)9-22-16(26)14-10-27-17(23-14)24-15(25)8-13-2-1-7-29-13/h1-7,10H,8-9H2,(H,22,26)(H,23,24,25). The molecule has 1 aromatic carbocycles. The number of thiophene rings is 1. The van der Waals surface area contributed by atoms with E-state index < -0.39 is 12.3 Å². The first-order valence-electron chi connectivity index (χ1n) is 8.19. The molecule has 3 aromatic rings. The summed E-state index contributed by atoms with van der Waals surface area (Å²) in [6, 6.07) is 8.61. The summed E-state index contributed by atoms with van der Waals surface area (Å²) in [4.78, 5) is 28.8. The van der Waals surface area contributed by atoms with Gasteiger partial charge in [0.1, 0.15) is 12.0 Å². The lowest BCUT2D eigenvalue weighted by Crippen LogP contribution is -2.23. The summed E-state index contributed by atoms with van der Waals surface area (Å²) in [6.45, 7) is 0.0536. The van der Waals surface area contributed by atoms with Gasteiger partial charge >= 0.3 is 12.4 Å². The zero-order chi connectivity index (χ0) is 20.9. The van der Waals surface area contributed by atoms with Crippen molar-refractivity contribution in [3.05, 3.63) is 64.2 Å². The summed E-state index contributed by atoms with van der Waals surface area (Å²) < 4.78 is 45.3. The fourth-order valence-corrected chi connectivity index (χ4v) is 2.96. The van der Waals surface area contributed by atoms with Gasteiger partial charge in [-0.1, -0.05) is 18.2 Å². The first-order chi connectivity index (χ1) is 13.8. The Morgan fingerprint density at radius 1 is 1.17 bits per heavy atom. The molecule has 0 fully saturated rings. The molecule has 0 radical (unpaired) electrons. The van der Waals surface area contributed by atoms with Gasteiger partial charge in [-0.25, -0.2) is 0 Å². The first kappa shape index (κ1) is 20.4. The summed E-state index contributed by atoms with van der Waals surface area (Å²) in [5.74, 6) is -1.25. The molecular weight excluding hydrogens is 411 g/mol. The Hall–Kier alpha value is -3.34. The van der Waals surface area contributed by atoms with E-state index >= 15 is 0 Å². The monoisotopic (exact) mass is 425 g/mol. The fourth-order valence-electron chi connectivity index (χ4n) is 2.25. The van der Waals surface area contributed by atoms with Crippen LogP contribution in [0.15, 0.2) is 52.5 Å². The number of anilines is 1. The van der Waals surface area contributed by atoms with Crippen LogP contribution in [0.4, 0.5) is 19.2 Å². The molecule has 3 rings (SSSR count). The number of ether oxygens (including phenoxy) is 1. The highest BCUT2D eigenvalue weighted by Gasteiger charge is 2.30. The van der Waals surface area contributed by atoms with Gasteiger partial charge in [0, 0.05) is 11.4 Å². The zero-order valence-corrected chi connectivity index (χ0v) is 15.5. The van der Waals surface area contributed by atoms with Crippen LogP contribution < -0.4 is 15.4 Å². The largest absolute Gasteiger partial charge is 0.573 e. The van der Waals surface area contributed by atoms with Crippen LogP contribution in [0.5, 0.6) is 5.75 Å². The number of hydrogen-bond acceptors (Lipinski definition) is 6. The smallest absolute Gasteiger partial charge is 0.431 e. The van der Waals surface area contributed by atoms with Gasteiger partial charge in [0.05, 0.1) is 6.42 Å². The van der Waals surface area contributed by atoms with Gasteiger partial charge in [-0.2, -0.15) is 4.98 Å². The molecule has 2 amide bonds. The highest BCUT2D eigenvalue weighted by molar-refractivity contribution is 7.10. The van der Waals surface area contributed by atoms with Crippen LogP contribution in [-0.4, -0.2) is 23.2 Å². The molecule has 0 atom stereocenters. The maximum atomic E-state index is 12.1. The average molecular weight is 425 g/mol. The van der Waals surface area contributed by atoms with Gasteiger partial charge in [0.2, 0.25) is 5.91 Å². The van der Waals surface area contributed by atoms with Crippen molar-refractivity contribution in [1.29, 1.82) is 0 Å². The molecule has 2 heterocycles. The van der Waals surface area contributed by atoms with E-state index in [0.29, 0.717) is 5.56 Å². The Labute approximate surface area is 166 Å². The third-order valence-electron chi connectivity index (χ3n) is 3.51. The number of rotatable bonds is 7. The third-order valence-corrected chi connectivity index (χ3v) is 4.38. The highest BCUT2D eigenvalue weighted by Crippen LogP contribution is 2.22. The van der Waals surface area contributed by atoms with Gasteiger partial charge in [-0.15, -0.1) is 24.5 Å². The van der Waals surface area contributed by atoms with Crippen molar-refractivity contribution in [2.45, 2.75) is 19.3 Å². The maximum Gasteiger partial charge on any atom is 0.573 e. The maximum absolute atomic E-state index is 12.1. The van der Waals surface area contributed by atoms with Crippen molar-refractivity contribution in [3.8, 4) is 5.75 Å². The molecule has 29 heavy (non-hydrogen) atoms. The lowest BCUT2D eigenvalue weighted by Gasteiger charge is -2.09. The number of nitrogens with zero attached hydrogens (tertiary/aromatic N) is 1. The fraction of sp³-hybridized carbons (Fsp3) is 0.167. The van der Waals surface area contributed by atoms with Crippen molar-refractivity contribution in [1.82, 2.24) is 10.3 Å². The molecule has 0 unspecified atom stereocenters. The molecule has 11 heteroatoms. The SMILES string of the molecule is O=C(Cc1cccs1)Nc1nc(C(=O)NCc2ccc(OC(F)(F)F)cc2)co1. The predicted octanol–water partition coefficient (Wildman–Crippen LogP) is 3.75. The average Bonchev–Trinajstić information content (AvgIpc) is 3.31. The summed E-state index contributed by atoms with van der Waals surface area (Å²) in [5, 5.41) is 6.86. The molecule has 0 saturated heterocycles. The van der Waals surface area contributed by atoms with Crippen LogP contribution in [0, 0.1) is 0 Å². The van der Waals surface area contributed by atoms with Gasteiger partial charge < -0.3 is 14.5 Å².